The lowest BCUT2D eigenvalue weighted by molar-refractivity contribution is -0.110. The van der Waals surface area contributed by atoms with Crippen LogP contribution in [-0.4, -0.2) is 11.0 Å². The van der Waals surface area contributed by atoms with Crippen molar-refractivity contribution in [3.05, 3.63) is 90.0 Å². The summed E-state index contributed by atoms with van der Waals surface area (Å²) < 4.78 is 0. The molecule has 3 nitrogen and oxygen atoms in total. The number of carbonyl (C=O) groups excluding carboxylic acids is 1. The van der Waals surface area contributed by atoms with Crippen LogP contribution >= 0.6 is 11.6 Å². The molecule has 0 spiro atoms. The molecule has 1 aliphatic heterocycles. The first kappa shape index (κ1) is 24.0. The van der Waals surface area contributed by atoms with Crippen molar-refractivity contribution in [2.24, 2.45) is 0 Å². The van der Waals surface area contributed by atoms with Crippen LogP contribution in [-0.2, 0) is 4.79 Å². The van der Waals surface area contributed by atoms with E-state index in [1.54, 1.807) is 18.2 Å². The second-order valence-corrected chi connectivity index (χ2v) is 7.62. The van der Waals surface area contributed by atoms with Crippen molar-refractivity contribution in [3.63, 3.8) is 0 Å². The summed E-state index contributed by atoms with van der Waals surface area (Å²) in [5, 5.41) is 13.3. The average Bonchev–Trinajstić information content (AvgIpc) is 3.01. The summed E-state index contributed by atoms with van der Waals surface area (Å²) in [6.07, 6.45) is 1.11. The molecule has 3 aromatic carbocycles. The number of hydrogen-bond acceptors (Lipinski definition) is 2. The molecule has 0 aromatic heterocycles. The van der Waals surface area contributed by atoms with E-state index in [9.17, 15) is 9.90 Å². The number of halogens is 1. The van der Waals surface area contributed by atoms with Crippen molar-refractivity contribution in [1.82, 2.24) is 0 Å². The molecule has 0 aliphatic carbocycles. The summed E-state index contributed by atoms with van der Waals surface area (Å²) >= 11 is 6.40. The van der Waals surface area contributed by atoms with Crippen LogP contribution in [0.3, 0.4) is 0 Å². The highest BCUT2D eigenvalue weighted by Crippen LogP contribution is 2.39. The fourth-order valence-corrected chi connectivity index (χ4v) is 3.29. The Morgan fingerprint density at radius 1 is 1.00 bits per heavy atom. The highest BCUT2D eigenvalue weighted by Gasteiger charge is 2.24. The van der Waals surface area contributed by atoms with Gasteiger partial charge in [-0.3, -0.25) is 4.79 Å². The van der Waals surface area contributed by atoms with Gasteiger partial charge in [0, 0.05) is 22.3 Å². The van der Waals surface area contributed by atoms with Crippen LogP contribution in [0.5, 0.6) is 5.75 Å². The molecule has 31 heavy (non-hydrogen) atoms. The molecule has 0 atom stereocenters. The van der Waals surface area contributed by atoms with Crippen molar-refractivity contribution < 1.29 is 9.90 Å². The van der Waals surface area contributed by atoms with E-state index in [4.69, 9.17) is 11.6 Å². The Labute approximate surface area is 189 Å². The van der Waals surface area contributed by atoms with Crippen LogP contribution in [0.4, 0.5) is 5.69 Å². The molecular formula is C27H28ClNO2. The Hall–Kier alpha value is -3.30. The van der Waals surface area contributed by atoms with Crippen molar-refractivity contribution >= 4 is 28.8 Å². The number of carbonyl (C=O) groups is 1. The lowest BCUT2D eigenvalue weighted by atomic mass is 9.97. The zero-order valence-electron chi connectivity index (χ0n) is 17.1. The summed E-state index contributed by atoms with van der Waals surface area (Å²) in [7, 11) is 0. The van der Waals surface area contributed by atoms with E-state index < -0.39 is 0 Å². The minimum Gasteiger partial charge on any atom is -0.507 e. The Balaban J connectivity index is 0.000000514. The van der Waals surface area contributed by atoms with Crippen molar-refractivity contribution in [3.8, 4) is 28.0 Å². The highest BCUT2D eigenvalue weighted by atomic mass is 35.5. The van der Waals surface area contributed by atoms with Crippen molar-refractivity contribution in [2.75, 3.05) is 5.32 Å². The van der Waals surface area contributed by atoms with Gasteiger partial charge in [-0.2, -0.15) is 0 Å². The lowest BCUT2D eigenvalue weighted by Gasteiger charge is -2.10. The molecule has 1 aliphatic rings. The van der Waals surface area contributed by atoms with Crippen LogP contribution in [0.1, 0.15) is 33.3 Å². The van der Waals surface area contributed by atoms with E-state index in [0.29, 0.717) is 16.3 Å². The van der Waals surface area contributed by atoms with E-state index >= 15 is 0 Å². The lowest BCUT2D eigenvalue weighted by Crippen LogP contribution is -2.02. The van der Waals surface area contributed by atoms with Crippen LogP contribution in [0.25, 0.3) is 27.8 Å². The van der Waals surface area contributed by atoms with Gasteiger partial charge in [0.1, 0.15) is 5.75 Å². The average molecular weight is 434 g/mol. The number of anilines is 1. The quantitative estimate of drug-likeness (QED) is 0.325. The van der Waals surface area contributed by atoms with Crippen LogP contribution in [0.15, 0.2) is 79.4 Å². The maximum absolute atomic E-state index is 11.7. The van der Waals surface area contributed by atoms with Gasteiger partial charge in [0.15, 0.2) is 0 Å². The van der Waals surface area contributed by atoms with E-state index in [1.165, 1.54) is 5.57 Å². The minimum absolute atomic E-state index is 0. The van der Waals surface area contributed by atoms with E-state index in [-0.39, 0.29) is 19.1 Å². The third kappa shape index (κ3) is 5.25. The van der Waals surface area contributed by atoms with Crippen LogP contribution < -0.4 is 5.32 Å². The summed E-state index contributed by atoms with van der Waals surface area (Å²) in [4.78, 5) is 11.7. The van der Waals surface area contributed by atoms with Gasteiger partial charge in [-0.15, -0.1) is 6.58 Å². The normalized spacial score (nSPS) is 11.6. The van der Waals surface area contributed by atoms with Gasteiger partial charge in [-0.25, -0.2) is 0 Å². The summed E-state index contributed by atoms with van der Waals surface area (Å²) in [5.74, 6) is 0.0461. The smallest absolute Gasteiger partial charge is 0.255 e. The topological polar surface area (TPSA) is 49.3 Å². The first-order valence-electron chi connectivity index (χ1n) is 9.69. The molecule has 4 heteroatoms. The van der Waals surface area contributed by atoms with Gasteiger partial charge in [-0.05, 0) is 42.7 Å². The molecule has 160 valence electrons. The number of nitrogens with one attached hydrogen (secondary N) is 1. The number of para-hydroxylation sites is 1. The number of rotatable bonds is 3. The number of amides is 1. The number of fused-ring (bicyclic) bond motifs is 1. The maximum Gasteiger partial charge on any atom is 0.255 e. The van der Waals surface area contributed by atoms with Gasteiger partial charge in [-0.1, -0.05) is 80.6 Å². The van der Waals surface area contributed by atoms with Crippen molar-refractivity contribution in [2.45, 2.75) is 27.7 Å². The van der Waals surface area contributed by atoms with Gasteiger partial charge in [0.25, 0.3) is 5.91 Å². The molecule has 1 amide bonds. The SMILES string of the molecule is C.C=C(C)CC.C=C1C(=O)Nc2cc(Cl)c(-c3ccc(-c4ccccc4O)cc3)cc21. The molecule has 2 N–H and O–H groups in total. The first-order valence-corrected chi connectivity index (χ1v) is 10.1. The molecule has 0 fully saturated rings. The van der Waals surface area contributed by atoms with E-state index in [2.05, 4.69) is 25.4 Å². The summed E-state index contributed by atoms with van der Waals surface area (Å²) in [6, 6.07) is 18.6. The van der Waals surface area contributed by atoms with E-state index in [0.717, 1.165) is 34.2 Å². The Morgan fingerprint density at radius 3 is 2.10 bits per heavy atom. The molecule has 0 unspecified atom stereocenters. The molecule has 0 saturated carbocycles. The zero-order chi connectivity index (χ0) is 21.8. The van der Waals surface area contributed by atoms with Gasteiger partial charge in [0.05, 0.1) is 10.7 Å². The van der Waals surface area contributed by atoms with Crippen LogP contribution in [0.2, 0.25) is 5.02 Å². The first-order chi connectivity index (χ1) is 14.3. The monoisotopic (exact) mass is 433 g/mol. The predicted octanol–water partition coefficient (Wildman–Crippen LogP) is 7.95. The summed E-state index contributed by atoms with van der Waals surface area (Å²) in [5.41, 5.74) is 6.62. The number of phenolic OH excluding ortho intramolecular Hbond substituents is 1. The van der Waals surface area contributed by atoms with E-state index in [1.807, 2.05) is 49.4 Å². The summed E-state index contributed by atoms with van der Waals surface area (Å²) in [6.45, 7) is 11.6. The highest BCUT2D eigenvalue weighted by molar-refractivity contribution is 6.36. The molecule has 0 radical (unpaired) electrons. The fourth-order valence-electron chi connectivity index (χ4n) is 3.01. The number of hydrogen-bond donors (Lipinski definition) is 2. The molecule has 4 rings (SSSR count). The second kappa shape index (κ2) is 10.1. The Kier molecular flexibility index (Phi) is 7.84. The number of phenols is 1. The van der Waals surface area contributed by atoms with Gasteiger partial charge >= 0.3 is 0 Å². The maximum atomic E-state index is 11.7. The predicted molar refractivity (Wildman–Crippen MR) is 133 cm³/mol. The van der Waals surface area contributed by atoms with Gasteiger partial charge in [0.2, 0.25) is 0 Å². The molecule has 0 bridgehead atoms. The molecule has 1 heterocycles. The number of aromatic hydroxyl groups is 1. The van der Waals surface area contributed by atoms with Gasteiger partial charge < -0.3 is 10.4 Å². The zero-order valence-corrected chi connectivity index (χ0v) is 17.9. The Morgan fingerprint density at radius 2 is 1.55 bits per heavy atom. The molecule has 3 aromatic rings. The van der Waals surface area contributed by atoms with Crippen molar-refractivity contribution in [1.29, 1.82) is 0 Å². The number of allylic oxidation sites excluding steroid dienone is 1. The molecular weight excluding hydrogens is 406 g/mol. The third-order valence-electron chi connectivity index (χ3n) is 4.97. The Bertz CT molecular complexity index is 1130. The minimum atomic E-state index is -0.196. The number of benzene rings is 3. The molecule has 0 saturated heterocycles. The third-order valence-corrected chi connectivity index (χ3v) is 5.28. The largest absolute Gasteiger partial charge is 0.507 e. The standard InChI is InChI=1S/C21H14ClNO2.C5H10.CH4/c1-12-16-10-17(18(22)11-19(16)23-21(12)25)14-8-6-13(7-9-14)15-4-2-3-5-20(15)24;1-4-5(2)3;/h2-11,24H,1H2,(H,23,25);2,4H2,1,3H3;1H4. The second-order valence-electron chi connectivity index (χ2n) is 7.22. The fraction of sp³-hybridized carbons (Fsp3) is 0.148. The van der Waals surface area contributed by atoms with Crippen LogP contribution in [0, 0.1) is 0 Å².